The molecule has 0 aliphatic carbocycles. The molecule has 1 heterocycles. The van der Waals surface area contributed by atoms with Crippen LogP contribution in [0.15, 0.2) is 170 Å². The van der Waals surface area contributed by atoms with E-state index < -0.39 is 0 Å². The van der Waals surface area contributed by atoms with Gasteiger partial charge in [-0.15, -0.1) is 0 Å². The van der Waals surface area contributed by atoms with Crippen molar-refractivity contribution in [2.75, 3.05) is 0 Å². The molecule has 0 fully saturated rings. The number of ether oxygens (including phenoxy) is 1. The minimum Gasteiger partial charge on any atom is -0.455 e. The molecular formula is C46H28O. The maximum atomic E-state index is 6.83. The molecule has 0 bridgehead atoms. The summed E-state index contributed by atoms with van der Waals surface area (Å²) in [5.41, 5.74) is 9.43. The summed E-state index contributed by atoms with van der Waals surface area (Å²) in [6.07, 6.45) is 0. The van der Waals surface area contributed by atoms with Gasteiger partial charge in [-0.25, -0.2) is 0 Å². The van der Waals surface area contributed by atoms with Crippen molar-refractivity contribution in [3.05, 3.63) is 170 Å². The SMILES string of the molecule is c1cc(-c2cccc(-c3c4c5c(cccc5c5ccccc35)-c3ccccc3O4)c2)cc(-c2ccc3c(ccc4ccccc43)c2)c1. The van der Waals surface area contributed by atoms with Gasteiger partial charge < -0.3 is 4.74 Å². The summed E-state index contributed by atoms with van der Waals surface area (Å²) in [5, 5.41) is 9.94. The number of para-hydroxylation sites is 1. The Morgan fingerprint density at radius 1 is 0.319 bits per heavy atom. The van der Waals surface area contributed by atoms with Gasteiger partial charge in [-0.1, -0.05) is 146 Å². The normalized spacial score (nSPS) is 12.0. The summed E-state index contributed by atoms with van der Waals surface area (Å²) >= 11 is 0. The average molecular weight is 597 g/mol. The Hall–Kier alpha value is -6.18. The molecule has 0 aromatic heterocycles. The molecule has 0 spiro atoms. The molecule has 0 N–H and O–H groups in total. The fourth-order valence-electron chi connectivity index (χ4n) is 7.63. The lowest BCUT2D eigenvalue weighted by Gasteiger charge is -2.25. The molecule has 1 aliphatic heterocycles. The molecule has 0 unspecified atom stereocenters. The van der Waals surface area contributed by atoms with Gasteiger partial charge in [0.25, 0.3) is 0 Å². The van der Waals surface area contributed by atoms with Gasteiger partial charge in [0.2, 0.25) is 0 Å². The minimum atomic E-state index is 0.899. The summed E-state index contributed by atoms with van der Waals surface area (Å²) in [6.45, 7) is 0. The van der Waals surface area contributed by atoms with Gasteiger partial charge in [0.15, 0.2) is 0 Å². The van der Waals surface area contributed by atoms with Crippen LogP contribution in [0.4, 0.5) is 0 Å². The largest absolute Gasteiger partial charge is 0.455 e. The summed E-state index contributed by atoms with van der Waals surface area (Å²) in [7, 11) is 0. The van der Waals surface area contributed by atoms with Crippen molar-refractivity contribution in [1.82, 2.24) is 0 Å². The van der Waals surface area contributed by atoms with E-state index in [0.29, 0.717) is 0 Å². The summed E-state index contributed by atoms with van der Waals surface area (Å²) in [6, 6.07) is 61.5. The molecule has 0 atom stereocenters. The standard InChI is InChI=1S/C46H28O/c1-2-15-36-29(10-1)22-23-34-27-33(24-25-37(34)36)31-12-7-11-30(26-31)32-13-8-14-35(28-32)44-40-18-4-3-16-38(40)41-19-9-20-42-39-17-5-6-21-43(39)47-46(44)45(41)42/h1-28H. The van der Waals surface area contributed by atoms with Crippen molar-refractivity contribution in [1.29, 1.82) is 0 Å². The second kappa shape index (κ2) is 10.2. The second-order valence-corrected chi connectivity index (χ2v) is 12.5. The lowest BCUT2D eigenvalue weighted by Crippen LogP contribution is -2.00. The fourth-order valence-corrected chi connectivity index (χ4v) is 7.63. The van der Waals surface area contributed by atoms with Crippen LogP contribution in [0.25, 0.3) is 87.6 Å². The van der Waals surface area contributed by atoms with Crippen LogP contribution in [-0.2, 0) is 0 Å². The first kappa shape index (κ1) is 26.1. The Balaban J connectivity index is 1.13. The Kier molecular flexibility index (Phi) is 5.64. The van der Waals surface area contributed by atoms with Gasteiger partial charge in [-0.2, -0.15) is 0 Å². The fraction of sp³-hybridized carbons (Fsp3) is 0. The van der Waals surface area contributed by atoms with E-state index in [-0.39, 0.29) is 0 Å². The van der Waals surface area contributed by atoms with Gasteiger partial charge in [0.05, 0.1) is 0 Å². The zero-order chi connectivity index (χ0) is 30.9. The maximum Gasteiger partial charge on any atom is 0.144 e. The van der Waals surface area contributed by atoms with Crippen molar-refractivity contribution in [2.24, 2.45) is 0 Å². The van der Waals surface area contributed by atoms with E-state index in [1.165, 1.54) is 70.9 Å². The van der Waals surface area contributed by atoms with Gasteiger partial charge in [0, 0.05) is 16.5 Å². The number of benzene rings is 9. The molecule has 0 amide bonds. The monoisotopic (exact) mass is 596 g/mol. The Morgan fingerprint density at radius 2 is 0.894 bits per heavy atom. The average Bonchev–Trinajstić information content (AvgIpc) is 3.15. The molecule has 0 saturated carbocycles. The highest BCUT2D eigenvalue weighted by Gasteiger charge is 2.25. The third-order valence-corrected chi connectivity index (χ3v) is 9.82. The molecule has 0 saturated heterocycles. The highest BCUT2D eigenvalue weighted by atomic mass is 16.5. The quantitative estimate of drug-likeness (QED) is 0.184. The van der Waals surface area contributed by atoms with Gasteiger partial charge in [-0.3, -0.25) is 0 Å². The number of hydrogen-bond donors (Lipinski definition) is 0. The van der Waals surface area contributed by atoms with Crippen molar-refractivity contribution < 1.29 is 4.74 Å². The van der Waals surface area contributed by atoms with E-state index in [9.17, 15) is 0 Å². The van der Waals surface area contributed by atoms with Crippen molar-refractivity contribution in [3.63, 3.8) is 0 Å². The van der Waals surface area contributed by atoms with E-state index in [2.05, 4.69) is 170 Å². The molecule has 1 nitrogen and oxygen atoms in total. The zero-order valence-electron chi connectivity index (χ0n) is 25.6. The molecule has 47 heavy (non-hydrogen) atoms. The zero-order valence-corrected chi connectivity index (χ0v) is 25.6. The molecule has 10 rings (SSSR count). The maximum absolute atomic E-state index is 6.83. The van der Waals surface area contributed by atoms with Crippen LogP contribution in [0, 0.1) is 0 Å². The molecular weight excluding hydrogens is 569 g/mol. The van der Waals surface area contributed by atoms with Crippen LogP contribution in [0.1, 0.15) is 0 Å². The van der Waals surface area contributed by atoms with Crippen LogP contribution in [0.3, 0.4) is 0 Å². The lowest BCUT2D eigenvalue weighted by molar-refractivity contribution is 0.489. The third kappa shape index (κ3) is 4.03. The summed E-state index contributed by atoms with van der Waals surface area (Å²) in [4.78, 5) is 0. The van der Waals surface area contributed by atoms with Crippen LogP contribution in [0.5, 0.6) is 11.5 Å². The van der Waals surface area contributed by atoms with Crippen molar-refractivity contribution >= 4 is 43.1 Å². The number of rotatable bonds is 3. The van der Waals surface area contributed by atoms with Gasteiger partial charge >= 0.3 is 0 Å². The first-order chi connectivity index (χ1) is 23.3. The highest BCUT2D eigenvalue weighted by Crippen LogP contribution is 2.53. The Labute approximate surface area is 272 Å². The van der Waals surface area contributed by atoms with Crippen LogP contribution < -0.4 is 4.74 Å². The lowest BCUT2D eigenvalue weighted by atomic mass is 9.86. The highest BCUT2D eigenvalue weighted by molar-refractivity contribution is 6.22. The Bertz CT molecular complexity index is 2720. The van der Waals surface area contributed by atoms with Gasteiger partial charge in [-0.05, 0) is 95.3 Å². The molecule has 1 aliphatic rings. The predicted molar refractivity (Wildman–Crippen MR) is 198 cm³/mol. The molecule has 218 valence electrons. The smallest absolute Gasteiger partial charge is 0.144 e. The summed E-state index contributed by atoms with van der Waals surface area (Å²) < 4.78 is 6.83. The molecule has 0 radical (unpaired) electrons. The van der Waals surface area contributed by atoms with Crippen molar-refractivity contribution in [2.45, 2.75) is 0 Å². The van der Waals surface area contributed by atoms with E-state index in [1.54, 1.807) is 0 Å². The first-order valence-corrected chi connectivity index (χ1v) is 16.2. The summed E-state index contributed by atoms with van der Waals surface area (Å²) in [5.74, 6) is 1.83. The minimum absolute atomic E-state index is 0.899. The molecule has 9 aromatic carbocycles. The van der Waals surface area contributed by atoms with E-state index >= 15 is 0 Å². The van der Waals surface area contributed by atoms with Gasteiger partial charge in [0.1, 0.15) is 11.5 Å². The van der Waals surface area contributed by atoms with Crippen LogP contribution in [0.2, 0.25) is 0 Å². The third-order valence-electron chi connectivity index (χ3n) is 9.82. The number of hydrogen-bond acceptors (Lipinski definition) is 1. The predicted octanol–water partition coefficient (Wildman–Crippen LogP) is 13.1. The van der Waals surface area contributed by atoms with Crippen LogP contribution in [-0.4, -0.2) is 0 Å². The Morgan fingerprint density at radius 3 is 1.74 bits per heavy atom. The van der Waals surface area contributed by atoms with E-state index in [4.69, 9.17) is 4.74 Å². The van der Waals surface area contributed by atoms with Crippen molar-refractivity contribution in [3.8, 4) is 56.0 Å². The molecule has 9 aromatic rings. The van der Waals surface area contributed by atoms with E-state index in [1.807, 2.05) is 0 Å². The first-order valence-electron chi connectivity index (χ1n) is 16.2. The second-order valence-electron chi connectivity index (χ2n) is 12.5. The number of fused-ring (bicyclic) bond motifs is 7. The van der Waals surface area contributed by atoms with Crippen LogP contribution >= 0.6 is 0 Å². The molecule has 1 heteroatoms. The van der Waals surface area contributed by atoms with E-state index in [0.717, 1.165) is 28.2 Å². The topological polar surface area (TPSA) is 9.23 Å².